The Hall–Kier alpha value is 1.31. The summed E-state index contributed by atoms with van der Waals surface area (Å²) in [5, 5.41) is -0.347. The number of fused-ring (bicyclic) bond motifs is 1. The summed E-state index contributed by atoms with van der Waals surface area (Å²) >= 11 is 0. The monoisotopic (exact) mass is 225 g/mol. The second kappa shape index (κ2) is 3.15. The average Bonchev–Trinajstić information content (AvgIpc) is 2.29. The molecule has 0 unspecified atom stereocenters. The van der Waals surface area contributed by atoms with Crippen LogP contribution in [0.2, 0.25) is 5.31 Å². The van der Waals surface area contributed by atoms with Crippen molar-refractivity contribution in [2.45, 2.75) is 11.2 Å². The van der Waals surface area contributed by atoms with Crippen molar-refractivity contribution in [3.8, 4) is 0 Å². The van der Waals surface area contributed by atoms with E-state index in [4.69, 9.17) is 0 Å². The third kappa shape index (κ3) is 1.29. The zero-order valence-electron chi connectivity index (χ0n) is 6.96. The van der Waals surface area contributed by atoms with Crippen LogP contribution >= 0.6 is 0 Å². The molecular weight excluding hydrogens is 219 g/mol. The second-order valence-corrected chi connectivity index (χ2v) is 3.42. The summed E-state index contributed by atoms with van der Waals surface area (Å²) in [6.07, 6.45) is 0. The van der Waals surface area contributed by atoms with Crippen LogP contribution in [0.25, 0.3) is 0 Å². The molecule has 0 aromatic carbocycles. The topological polar surface area (TPSA) is 12.0 Å². The van der Waals surface area contributed by atoms with E-state index in [2.05, 4.69) is 5.32 Å². The first-order chi connectivity index (χ1) is 5.34. The van der Waals surface area contributed by atoms with Crippen molar-refractivity contribution in [2.75, 3.05) is 13.1 Å². The van der Waals surface area contributed by atoms with Gasteiger partial charge in [0.15, 0.2) is 0 Å². The first-order valence-corrected chi connectivity index (χ1v) is 3.62. The van der Waals surface area contributed by atoms with E-state index in [-0.39, 0.29) is 57.9 Å². The molecule has 1 saturated carbocycles. The van der Waals surface area contributed by atoms with E-state index in [1.807, 2.05) is 0 Å². The molecule has 1 saturated heterocycles. The molecule has 1 N–H and O–H groups in total. The SMILES string of the molecule is F[B-](F)(F)[C@]12CNC[C@H]1C2(F)F.[K+]. The van der Waals surface area contributed by atoms with Crippen LogP contribution in [0.15, 0.2) is 0 Å². The molecule has 0 aromatic rings. The quantitative estimate of drug-likeness (QED) is 0.420. The van der Waals surface area contributed by atoms with Crippen LogP contribution in [-0.4, -0.2) is 26.0 Å². The van der Waals surface area contributed by atoms with Crippen molar-refractivity contribution in [3.63, 3.8) is 0 Å². The molecule has 2 aliphatic rings. The minimum atomic E-state index is -5.43. The van der Waals surface area contributed by atoms with Gasteiger partial charge in [-0.25, -0.2) is 8.78 Å². The van der Waals surface area contributed by atoms with Crippen LogP contribution in [0.5, 0.6) is 0 Å². The minimum Gasteiger partial charge on any atom is -0.448 e. The van der Waals surface area contributed by atoms with Gasteiger partial charge in [-0.15, -0.1) is 0 Å². The van der Waals surface area contributed by atoms with Gasteiger partial charge in [0.2, 0.25) is 5.92 Å². The second-order valence-electron chi connectivity index (χ2n) is 3.42. The number of rotatable bonds is 1. The molecule has 1 aliphatic heterocycles. The summed E-state index contributed by atoms with van der Waals surface area (Å²) in [4.78, 5) is 0. The fourth-order valence-electron chi connectivity index (χ4n) is 2.09. The Kier molecular flexibility index (Phi) is 3.00. The van der Waals surface area contributed by atoms with Crippen LogP contribution in [0.3, 0.4) is 0 Å². The molecule has 2 fully saturated rings. The summed E-state index contributed by atoms with van der Waals surface area (Å²) in [5.74, 6) is -5.03. The molecule has 1 heterocycles. The van der Waals surface area contributed by atoms with E-state index < -0.39 is 30.7 Å². The minimum absolute atomic E-state index is 0. The first-order valence-electron chi connectivity index (χ1n) is 3.62. The van der Waals surface area contributed by atoms with E-state index in [1.54, 1.807) is 0 Å². The van der Waals surface area contributed by atoms with Gasteiger partial charge in [0.1, 0.15) is 0 Å². The smallest absolute Gasteiger partial charge is 0.448 e. The number of nitrogens with one attached hydrogen (secondary N) is 1. The Balaban J connectivity index is 0.000000845. The Labute approximate surface area is 114 Å². The fourth-order valence-corrected chi connectivity index (χ4v) is 2.09. The fraction of sp³-hybridized carbons (Fsp3) is 1.00. The Morgan fingerprint density at radius 2 is 1.77 bits per heavy atom. The van der Waals surface area contributed by atoms with Crippen LogP contribution in [-0.2, 0) is 0 Å². The number of hydrogen-bond acceptors (Lipinski definition) is 1. The third-order valence-electron chi connectivity index (χ3n) is 2.95. The Bertz CT molecular complexity index is 219. The van der Waals surface area contributed by atoms with Gasteiger partial charge in [0, 0.05) is 17.8 Å². The number of alkyl halides is 2. The molecule has 1 nitrogen and oxygen atoms in total. The molecule has 8 heteroatoms. The molecule has 0 radical (unpaired) electrons. The summed E-state index contributed by atoms with van der Waals surface area (Å²) in [6.45, 7) is -6.26. The van der Waals surface area contributed by atoms with Crippen molar-refractivity contribution in [2.24, 2.45) is 5.92 Å². The molecule has 2 rings (SSSR count). The van der Waals surface area contributed by atoms with Crippen LogP contribution in [0, 0.1) is 5.92 Å². The average molecular weight is 225 g/mol. The normalized spacial score (nSPS) is 40.8. The van der Waals surface area contributed by atoms with Gasteiger partial charge in [-0.1, -0.05) is 0 Å². The zero-order valence-corrected chi connectivity index (χ0v) is 10.1. The van der Waals surface area contributed by atoms with Gasteiger partial charge >= 0.3 is 58.4 Å². The van der Waals surface area contributed by atoms with Gasteiger partial charge in [-0.3, -0.25) is 0 Å². The van der Waals surface area contributed by atoms with Gasteiger partial charge in [0.05, 0.1) is 0 Å². The summed E-state index contributed by atoms with van der Waals surface area (Å²) in [5.41, 5.74) is 0. The maximum absolute atomic E-state index is 12.6. The van der Waals surface area contributed by atoms with Gasteiger partial charge in [-0.2, -0.15) is 0 Å². The van der Waals surface area contributed by atoms with E-state index in [9.17, 15) is 21.7 Å². The van der Waals surface area contributed by atoms with Crippen molar-refractivity contribution >= 4 is 6.98 Å². The van der Waals surface area contributed by atoms with Crippen LogP contribution < -0.4 is 56.7 Å². The van der Waals surface area contributed by atoms with Gasteiger partial charge < -0.3 is 18.3 Å². The maximum Gasteiger partial charge on any atom is 1.00 e. The predicted molar refractivity (Wildman–Crippen MR) is 33.1 cm³/mol. The van der Waals surface area contributed by atoms with E-state index in [0.717, 1.165) is 0 Å². The van der Waals surface area contributed by atoms with E-state index in [0.29, 0.717) is 0 Å². The maximum atomic E-state index is 12.6. The molecule has 2 atom stereocenters. The zero-order chi connectivity index (χ0) is 9.20. The molecule has 0 amide bonds. The molecule has 70 valence electrons. The number of halogens is 5. The van der Waals surface area contributed by atoms with Crippen molar-refractivity contribution in [1.82, 2.24) is 5.32 Å². The van der Waals surface area contributed by atoms with Gasteiger partial charge in [0.25, 0.3) is 0 Å². The largest absolute Gasteiger partial charge is 1.00 e. The molecule has 1 aliphatic carbocycles. The summed E-state index contributed by atoms with van der Waals surface area (Å²) in [6, 6.07) is 0. The molecule has 13 heavy (non-hydrogen) atoms. The van der Waals surface area contributed by atoms with Crippen LogP contribution in [0.1, 0.15) is 0 Å². The first kappa shape index (κ1) is 12.4. The molecular formula is C5H6BF5KN. The van der Waals surface area contributed by atoms with E-state index in [1.165, 1.54) is 0 Å². The number of hydrogen-bond donors (Lipinski definition) is 1. The van der Waals surface area contributed by atoms with Crippen molar-refractivity contribution in [1.29, 1.82) is 0 Å². The van der Waals surface area contributed by atoms with Gasteiger partial charge in [-0.05, 0) is 6.54 Å². The standard InChI is InChI=1S/C5H6BF5N.K/c7-5(8)3-1-12-2-4(3,5)6(9,10)11;/h3,12H,1-2H2;/q-1;+1/t3-,4-;/m1./s1. The Morgan fingerprint density at radius 3 is 2.00 bits per heavy atom. The molecule has 0 aromatic heterocycles. The third-order valence-corrected chi connectivity index (χ3v) is 2.95. The summed E-state index contributed by atoms with van der Waals surface area (Å²) in [7, 11) is 0. The predicted octanol–water partition coefficient (Wildman–Crippen LogP) is -1.55. The van der Waals surface area contributed by atoms with Crippen LogP contribution in [0.4, 0.5) is 21.7 Å². The summed E-state index contributed by atoms with van der Waals surface area (Å²) < 4.78 is 62.0. The Morgan fingerprint density at radius 1 is 1.23 bits per heavy atom. The number of piperidine rings is 1. The molecule has 0 spiro atoms. The van der Waals surface area contributed by atoms with Crippen molar-refractivity contribution in [3.05, 3.63) is 0 Å². The van der Waals surface area contributed by atoms with Crippen molar-refractivity contribution < 1.29 is 73.1 Å². The molecule has 0 bridgehead atoms. The van der Waals surface area contributed by atoms with E-state index >= 15 is 0 Å².